The molecule has 6 rings (SSSR count). The summed E-state index contributed by atoms with van der Waals surface area (Å²) in [7, 11) is 0. The van der Waals surface area contributed by atoms with E-state index >= 15 is 0 Å². The number of halogens is 1. The lowest BCUT2D eigenvalue weighted by atomic mass is 9.76. The van der Waals surface area contributed by atoms with E-state index in [2.05, 4.69) is 77.4 Å². The average Bonchev–Trinajstić information content (AvgIpc) is 3.58. The van der Waals surface area contributed by atoms with Crippen molar-refractivity contribution in [1.29, 1.82) is 0 Å². The van der Waals surface area contributed by atoms with Crippen LogP contribution in [0.25, 0.3) is 0 Å². The number of carbonyl (C=O) groups is 1. The minimum absolute atomic E-state index is 0.0866. The molecule has 1 heterocycles. The number of ketones is 1. The molecule has 1 atom stereocenters. The molecule has 1 aliphatic carbocycles. The summed E-state index contributed by atoms with van der Waals surface area (Å²) in [5.74, 6) is -0.460. The van der Waals surface area contributed by atoms with Gasteiger partial charge in [-0.3, -0.25) is 4.79 Å². The van der Waals surface area contributed by atoms with E-state index in [4.69, 9.17) is 4.98 Å². The fourth-order valence-corrected chi connectivity index (χ4v) is 5.83. The third kappa shape index (κ3) is 3.80. The number of hydrogen-bond donors (Lipinski definition) is 0. The van der Waals surface area contributed by atoms with Gasteiger partial charge in [-0.15, -0.1) is 0 Å². The van der Waals surface area contributed by atoms with Gasteiger partial charge in [0.1, 0.15) is 11.4 Å². The Bertz CT molecular complexity index is 1460. The second-order valence-electron chi connectivity index (χ2n) is 9.69. The van der Waals surface area contributed by atoms with Gasteiger partial charge < -0.3 is 4.57 Å². The van der Waals surface area contributed by atoms with Gasteiger partial charge >= 0.3 is 0 Å². The number of rotatable bonds is 6. The predicted octanol–water partition coefficient (Wildman–Crippen LogP) is 7.14. The third-order valence-corrected chi connectivity index (χ3v) is 7.59. The second kappa shape index (κ2) is 9.29. The molecular weight excluding hydrogens is 459 g/mol. The highest BCUT2D eigenvalue weighted by molar-refractivity contribution is 6.02. The molecule has 1 aromatic heterocycles. The van der Waals surface area contributed by atoms with E-state index in [9.17, 15) is 9.18 Å². The van der Waals surface area contributed by atoms with Gasteiger partial charge in [0.2, 0.25) is 0 Å². The molecule has 0 saturated carbocycles. The summed E-state index contributed by atoms with van der Waals surface area (Å²) in [6, 6.07) is 34.2. The van der Waals surface area contributed by atoms with E-state index in [1.54, 1.807) is 0 Å². The van der Waals surface area contributed by atoms with Gasteiger partial charge in [-0.1, -0.05) is 97.9 Å². The maximum Gasteiger partial charge on any atom is 0.163 e. The number of Topliss-reactive ketones (excluding diaryl/α,β-unsaturated/α-hetero) is 1. The summed E-state index contributed by atoms with van der Waals surface area (Å²) in [6.07, 6.45) is 4.94. The zero-order valence-corrected chi connectivity index (χ0v) is 20.6. The Hall–Kier alpha value is -4.31. The fourth-order valence-electron chi connectivity index (χ4n) is 5.83. The van der Waals surface area contributed by atoms with Crippen molar-refractivity contribution in [1.82, 2.24) is 9.55 Å². The minimum Gasteiger partial charge on any atom is -0.319 e. The van der Waals surface area contributed by atoms with Crippen LogP contribution in [-0.2, 0) is 12.0 Å². The third-order valence-electron chi connectivity index (χ3n) is 7.59. The summed E-state index contributed by atoms with van der Waals surface area (Å²) in [6.45, 7) is 2.00. The number of benzene rings is 4. The molecule has 182 valence electrons. The molecule has 0 spiro atoms. The van der Waals surface area contributed by atoms with Gasteiger partial charge in [0.05, 0.1) is 12.0 Å². The average molecular weight is 487 g/mol. The molecule has 3 nitrogen and oxygen atoms in total. The largest absolute Gasteiger partial charge is 0.319 e. The van der Waals surface area contributed by atoms with Gasteiger partial charge in [-0.05, 0) is 46.4 Å². The summed E-state index contributed by atoms with van der Waals surface area (Å²) in [5, 5.41) is 0. The SMILES string of the molecule is CC(c1cn(C(c2ccccc2)(c2ccccc2)c2ccccc2)cn1)c1cc(F)cc2c1C(=O)CC2. The van der Waals surface area contributed by atoms with Gasteiger partial charge in [0.15, 0.2) is 5.78 Å². The summed E-state index contributed by atoms with van der Waals surface area (Å²) in [4.78, 5) is 17.5. The van der Waals surface area contributed by atoms with Crippen LogP contribution in [0, 0.1) is 5.82 Å². The van der Waals surface area contributed by atoms with E-state index in [1.807, 2.05) is 37.6 Å². The number of aromatic nitrogens is 2. The zero-order chi connectivity index (χ0) is 25.4. The van der Waals surface area contributed by atoms with Crippen LogP contribution >= 0.6 is 0 Å². The van der Waals surface area contributed by atoms with Crippen molar-refractivity contribution in [3.8, 4) is 0 Å². The van der Waals surface area contributed by atoms with Crippen LogP contribution in [0.15, 0.2) is 116 Å². The van der Waals surface area contributed by atoms with Crippen LogP contribution in [0.3, 0.4) is 0 Å². The molecule has 0 bridgehead atoms. The summed E-state index contributed by atoms with van der Waals surface area (Å²) in [5.41, 5.74) is 5.62. The highest BCUT2D eigenvalue weighted by atomic mass is 19.1. The van der Waals surface area contributed by atoms with Crippen molar-refractivity contribution in [2.24, 2.45) is 0 Å². The van der Waals surface area contributed by atoms with Crippen molar-refractivity contribution >= 4 is 5.78 Å². The molecule has 0 N–H and O–H groups in total. The number of imidazole rings is 1. The first-order chi connectivity index (χ1) is 18.1. The molecule has 5 aromatic rings. The first-order valence-corrected chi connectivity index (χ1v) is 12.7. The molecule has 0 aliphatic heterocycles. The topological polar surface area (TPSA) is 34.9 Å². The lowest BCUT2D eigenvalue weighted by Gasteiger charge is -2.37. The van der Waals surface area contributed by atoms with Crippen LogP contribution in [0.5, 0.6) is 0 Å². The van der Waals surface area contributed by atoms with Gasteiger partial charge in [-0.2, -0.15) is 0 Å². The molecule has 1 aliphatic rings. The Morgan fingerprint density at radius 3 is 1.89 bits per heavy atom. The first kappa shape index (κ1) is 23.1. The van der Waals surface area contributed by atoms with E-state index in [-0.39, 0.29) is 17.5 Å². The number of carbonyl (C=O) groups excluding carboxylic acids is 1. The molecule has 1 unspecified atom stereocenters. The highest BCUT2D eigenvalue weighted by Gasteiger charge is 2.39. The van der Waals surface area contributed by atoms with Crippen LogP contribution in [0.1, 0.15) is 63.1 Å². The highest BCUT2D eigenvalue weighted by Crippen LogP contribution is 2.42. The number of hydrogen-bond acceptors (Lipinski definition) is 2. The monoisotopic (exact) mass is 486 g/mol. The van der Waals surface area contributed by atoms with Gasteiger partial charge in [-0.25, -0.2) is 9.37 Å². The van der Waals surface area contributed by atoms with Gasteiger partial charge in [0, 0.05) is 24.1 Å². The Morgan fingerprint density at radius 2 is 1.35 bits per heavy atom. The molecule has 4 heteroatoms. The standard InChI is InChI=1S/C33H27FN2O/c1-23(29-20-28(34)19-24-17-18-31(37)32(24)29)30-21-36(22-35-30)33(25-11-5-2-6-12-25,26-13-7-3-8-14-26)27-15-9-4-10-16-27/h2-16,19-23H,17-18H2,1H3. The molecular formula is C33H27FN2O. The minimum atomic E-state index is -0.672. The smallest absolute Gasteiger partial charge is 0.163 e. The quantitative estimate of drug-likeness (QED) is 0.239. The van der Waals surface area contributed by atoms with Crippen LogP contribution < -0.4 is 0 Å². The lowest BCUT2D eigenvalue weighted by Crippen LogP contribution is -2.37. The molecule has 0 saturated heterocycles. The van der Waals surface area contributed by atoms with Crippen molar-refractivity contribution in [3.63, 3.8) is 0 Å². The Balaban J connectivity index is 1.56. The normalized spacial score (nSPS) is 13.9. The predicted molar refractivity (Wildman–Crippen MR) is 143 cm³/mol. The van der Waals surface area contributed by atoms with Crippen LogP contribution in [0.2, 0.25) is 0 Å². The molecule has 0 fully saturated rings. The second-order valence-corrected chi connectivity index (χ2v) is 9.69. The van der Waals surface area contributed by atoms with E-state index in [1.165, 1.54) is 12.1 Å². The van der Waals surface area contributed by atoms with Crippen LogP contribution in [-0.4, -0.2) is 15.3 Å². The van der Waals surface area contributed by atoms with E-state index < -0.39 is 5.54 Å². The van der Waals surface area contributed by atoms with Crippen molar-refractivity contribution in [2.45, 2.75) is 31.2 Å². The zero-order valence-electron chi connectivity index (χ0n) is 20.6. The van der Waals surface area contributed by atoms with Crippen molar-refractivity contribution in [3.05, 3.63) is 161 Å². The molecule has 0 amide bonds. The Kier molecular flexibility index (Phi) is 5.80. The molecule has 0 radical (unpaired) electrons. The Morgan fingerprint density at radius 1 is 0.811 bits per heavy atom. The summed E-state index contributed by atoms with van der Waals surface area (Å²) >= 11 is 0. The number of aryl methyl sites for hydroxylation is 1. The number of fused-ring (bicyclic) bond motifs is 1. The van der Waals surface area contributed by atoms with E-state index in [0.29, 0.717) is 24.0 Å². The summed E-state index contributed by atoms with van der Waals surface area (Å²) < 4.78 is 16.7. The number of nitrogens with zero attached hydrogens (tertiary/aromatic N) is 2. The molecule has 4 aromatic carbocycles. The van der Waals surface area contributed by atoms with Crippen molar-refractivity contribution in [2.75, 3.05) is 0 Å². The van der Waals surface area contributed by atoms with E-state index in [0.717, 1.165) is 27.9 Å². The fraction of sp³-hybridized carbons (Fsp3) is 0.152. The van der Waals surface area contributed by atoms with Crippen molar-refractivity contribution < 1.29 is 9.18 Å². The molecule has 37 heavy (non-hydrogen) atoms. The maximum atomic E-state index is 14.5. The Labute approximate surface area is 216 Å². The lowest BCUT2D eigenvalue weighted by molar-refractivity contribution is 0.0993. The van der Waals surface area contributed by atoms with Gasteiger partial charge in [0.25, 0.3) is 0 Å². The first-order valence-electron chi connectivity index (χ1n) is 12.7. The maximum absolute atomic E-state index is 14.5. The van der Waals surface area contributed by atoms with Crippen LogP contribution in [0.4, 0.5) is 4.39 Å².